The molecule has 1 unspecified atom stereocenters. The maximum atomic E-state index is 10.2. The number of fused-ring (bicyclic) bond motifs is 3. The van der Waals surface area contributed by atoms with Gasteiger partial charge in [-0.05, 0) is 0 Å². The van der Waals surface area contributed by atoms with Crippen molar-refractivity contribution in [3.05, 3.63) is 150 Å². The number of hydrogen-bond donors (Lipinski definition) is 0. The molecule has 6 heteroatoms. The van der Waals surface area contributed by atoms with Crippen molar-refractivity contribution in [2.45, 2.75) is 38.9 Å². The first-order valence-electron chi connectivity index (χ1n) is 23.6. The molecule has 3 nitrogen and oxygen atoms in total. The minimum absolute atomic E-state index is 0.0949. The number of halogens is 1. The average molecular weight is 769 g/mol. The summed E-state index contributed by atoms with van der Waals surface area (Å²) < 4.78 is 175. The van der Waals surface area contributed by atoms with Crippen LogP contribution in [-0.2, 0) is 9.31 Å². The van der Waals surface area contributed by atoms with Crippen LogP contribution in [0.15, 0.2) is 154 Å². The van der Waals surface area contributed by atoms with Gasteiger partial charge < -0.3 is 0 Å². The van der Waals surface area contributed by atoms with E-state index in [1.54, 1.807) is 52.0 Å². The van der Waals surface area contributed by atoms with Gasteiger partial charge in [-0.1, -0.05) is 0 Å². The van der Waals surface area contributed by atoms with Crippen molar-refractivity contribution in [1.82, 2.24) is 0 Å². The zero-order valence-electron chi connectivity index (χ0n) is 43.2. The van der Waals surface area contributed by atoms with Crippen LogP contribution in [0.5, 0.6) is 0 Å². The summed E-state index contributed by atoms with van der Waals surface area (Å²) in [6.07, 6.45) is 0. The molecule has 236 valence electrons. The molecule has 1 aliphatic heterocycles. The van der Waals surface area contributed by atoms with Crippen LogP contribution in [0.1, 0.15) is 51.0 Å². The third-order valence-electron chi connectivity index (χ3n) is 9.02. The monoisotopic (exact) mass is 769 g/mol. The molecule has 6 aromatic carbocycles. The molecule has 48 heavy (non-hydrogen) atoms. The Balaban J connectivity index is 1.69. The second-order valence-electron chi connectivity index (χ2n) is 12.4. The Labute approximate surface area is 317 Å². The van der Waals surface area contributed by atoms with Crippen molar-refractivity contribution >= 4 is 81.3 Å². The summed E-state index contributed by atoms with van der Waals surface area (Å²) in [5.74, 6) is 0. The van der Waals surface area contributed by atoms with E-state index in [2.05, 4.69) is 15.9 Å². The summed E-state index contributed by atoms with van der Waals surface area (Å²) in [6, 6.07) is -2.80. The molecule has 0 aliphatic carbocycles. The second kappa shape index (κ2) is 11.9. The summed E-state index contributed by atoms with van der Waals surface area (Å²) in [6.45, 7) is 6.75. The van der Waals surface area contributed by atoms with Gasteiger partial charge in [0, 0.05) is 0 Å². The SMILES string of the molecule is [2H]c1c([2H])c([2H])[c]([Ge]([c]2c([2H])c([2H])c([2H])c(Br)c2[2H])([c]2c([2H])c([2H])c([2H])c(B3OC(C)(C)C(C)(C)O3)c2[2H])[c]2c([2H])c([2H])c([2H])c(-c3ccc4c(c3)oc3ccccc34)c2[2H])c([2H])c1[2H]. The van der Waals surface area contributed by atoms with Gasteiger partial charge in [-0.15, -0.1) is 0 Å². The fourth-order valence-corrected chi connectivity index (χ4v) is 14.3. The first-order valence-corrected chi connectivity index (χ1v) is 20.1. The predicted octanol–water partition coefficient (Wildman–Crippen LogP) is 7.69. The Morgan fingerprint density at radius 2 is 1.23 bits per heavy atom. The Bertz CT molecular complexity index is 3110. The van der Waals surface area contributed by atoms with E-state index < -0.39 is 162 Å². The van der Waals surface area contributed by atoms with Crippen molar-refractivity contribution in [2.75, 3.05) is 0 Å². The molecule has 7 aromatic rings. The Morgan fingerprint density at radius 1 is 0.604 bits per heavy atom. The quantitative estimate of drug-likeness (QED) is 0.163. The van der Waals surface area contributed by atoms with Crippen molar-refractivity contribution < 1.29 is 37.0 Å². The molecule has 8 rings (SSSR count). The molecule has 0 N–H and O–H groups in total. The van der Waals surface area contributed by atoms with Crippen LogP contribution in [-0.4, -0.2) is 31.6 Å². The number of benzene rings is 6. The van der Waals surface area contributed by atoms with E-state index in [1.807, 2.05) is 12.1 Å². The Morgan fingerprint density at radius 3 is 2.00 bits per heavy atom. The van der Waals surface area contributed by atoms with Crippen LogP contribution < -0.4 is 23.0 Å². The van der Waals surface area contributed by atoms with E-state index in [9.17, 15) is 16.4 Å². The van der Waals surface area contributed by atoms with Gasteiger partial charge >= 0.3 is 318 Å². The van der Waals surface area contributed by atoms with E-state index in [0.717, 1.165) is 5.39 Å². The predicted molar refractivity (Wildman–Crippen MR) is 206 cm³/mol. The maximum absolute atomic E-state index is 10.2. The van der Waals surface area contributed by atoms with Gasteiger partial charge in [0.1, 0.15) is 0 Å². The van der Waals surface area contributed by atoms with E-state index in [0.29, 0.717) is 16.6 Å². The molecule has 1 saturated heterocycles. The fourth-order valence-electron chi connectivity index (χ4n) is 5.88. The van der Waals surface area contributed by atoms with Crippen LogP contribution in [0.25, 0.3) is 33.1 Å². The third-order valence-corrected chi connectivity index (χ3v) is 17.8. The minimum atomic E-state index is -6.87. The summed E-state index contributed by atoms with van der Waals surface area (Å²) in [7, 11) is -1.61. The molecule has 2 heterocycles. The zero-order chi connectivity index (χ0) is 47.9. The molecule has 1 aromatic heterocycles. The van der Waals surface area contributed by atoms with Crippen LogP contribution in [0.2, 0.25) is 0 Å². The van der Waals surface area contributed by atoms with E-state index in [4.69, 9.17) is 20.6 Å². The van der Waals surface area contributed by atoms with Crippen molar-refractivity contribution in [3.63, 3.8) is 0 Å². The molecule has 1 aliphatic rings. The van der Waals surface area contributed by atoms with Crippen LogP contribution in [0, 0.1) is 0 Å². The summed E-state index contributed by atoms with van der Waals surface area (Å²) >= 11 is -3.68. The van der Waals surface area contributed by atoms with Gasteiger partial charge in [-0.3, -0.25) is 0 Å². The van der Waals surface area contributed by atoms with Gasteiger partial charge in [-0.25, -0.2) is 0 Å². The second-order valence-corrected chi connectivity index (χ2v) is 20.5. The van der Waals surface area contributed by atoms with Crippen LogP contribution in [0.4, 0.5) is 0 Å². The standard InChI is InChI=1S/C42H36BBrGeO3/c1-41(2)42(3,4)48-43(47-41)31-14-11-19-35(27-31)45(33-16-6-5-7-17-33,36-20-12-15-32(44)28-36)34-18-10-13-29(25-34)30-23-24-38-37-21-8-9-22-39(37)46-40(38)26-30/h5-28H,1-4H3/i5D,6D,7D,10D,11D,12D,13D,14D,15D,16D,17D,18D,19D,20D,25D,27D,28D. The normalized spacial score (nSPS) is 21.7. The molecular weight excluding hydrogens is 716 g/mol. The molecular formula is C42H36BBrGeO3. The molecule has 0 bridgehead atoms. The molecule has 1 fully saturated rings. The van der Waals surface area contributed by atoms with Crippen molar-refractivity contribution in [1.29, 1.82) is 0 Å². The number of para-hydroxylation sites is 1. The summed E-state index contributed by atoms with van der Waals surface area (Å²) in [5, 5.41) is 1.41. The number of rotatable bonds is 6. The molecule has 0 radical (unpaired) electrons. The Hall–Kier alpha value is -3.87. The van der Waals surface area contributed by atoms with Crippen LogP contribution in [0.3, 0.4) is 0 Å². The first kappa shape index (κ1) is 17.7. The molecule has 1 atom stereocenters. The van der Waals surface area contributed by atoms with Gasteiger partial charge in [-0.2, -0.15) is 0 Å². The van der Waals surface area contributed by atoms with Crippen molar-refractivity contribution in [3.8, 4) is 11.1 Å². The number of furan rings is 1. The number of hydrogen-bond acceptors (Lipinski definition) is 3. The van der Waals surface area contributed by atoms with Gasteiger partial charge in [0.05, 0.1) is 0 Å². The van der Waals surface area contributed by atoms with Gasteiger partial charge in [0.25, 0.3) is 0 Å². The third kappa shape index (κ3) is 5.19. The Kier molecular flexibility index (Phi) is 4.39. The zero-order valence-corrected chi connectivity index (χ0v) is 29.9. The molecule has 0 saturated carbocycles. The topological polar surface area (TPSA) is 31.6 Å². The van der Waals surface area contributed by atoms with Crippen LogP contribution >= 0.6 is 15.9 Å². The van der Waals surface area contributed by atoms with Crippen molar-refractivity contribution in [2.24, 2.45) is 0 Å². The van der Waals surface area contributed by atoms with E-state index in [-0.39, 0.29) is 11.1 Å². The molecule has 0 amide bonds. The van der Waals surface area contributed by atoms with Gasteiger partial charge in [0.2, 0.25) is 0 Å². The van der Waals surface area contributed by atoms with E-state index in [1.165, 1.54) is 6.07 Å². The first-order chi connectivity index (χ1) is 30.3. The summed E-state index contributed by atoms with van der Waals surface area (Å²) in [5.41, 5.74) is -2.09. The molecule has 0 spiro atoms. The average Bonchev–Trinajstić information content (AvgIpc) is 3.72. The summed E-state index contributed by atoms with van der Waals surface area (Å²) in [4.78, 5) is 0. The fraction of sp³-hybridized carbons (Fsp3) is 0.143. The van der Waals surface area contributed by atoms with Gasteiger partial charge in [0.15, 0.2) is 0 Å². The van der Waals surface area contributed by atoms with E-state index >= 15 is 0 Å².